The van der Waals surface area contributed by atoms with Gasteiger partial charge in [-0.05, 0) is 75.0 Å². The van der Waals surface area contributed by atoms with Crippen molar-refractivity contribution in [3.05, 3.63) is 65.4 Å². The third-order valence-corrected chi connectivity index (χ3v) is 5.54. The lowest BCUT2D eigenvalue weighted by molar-refractivity contribution is -0.139. The molecule has 3 N–H and O–H groups in total. The molecule has 2 aromatic rings. The third kappa shape index (κ3) is 5.81. The molecule has 3 rings (SSSR count). The van der Waals surface area contributed by atoms with Gasteiger partial charge in [0.2, 0.25) is 0 Å². The molecule has 0 bridgehead atoms. The maximum absolute atomic E-state index is 12.7. The van der Waals surface area contributed by atoms with Crippen molar-refractivity contribution in [1.82, 2.24) is 10.2 Å². The van der Waals surface area contributed by atoms with Crippen LogP contribution in [0.3, 0.4) is 0 Å². The van der Waals surface area contributed by atoms with Crippen LogP contribution in [0.2, 0.25) is 0 Å². The van der Waals surface area contributed by atoms with Gasteiger partial charge in [-0.2, -0.15) is 0 Å². The maximum atomic E-state index is 12.7. The van der Waals surface area contributed by atoms with E-state index in [4.69, 9.17) is 21.7 Å². The highest BCUT2D eigenvalue weighted by Crippen LogP contribution is 2.32. The number of hydrogen-bond donors (Lipinski definition) is 3. The zero-order valence-electron chi connectivity index (χ0n) is 19.1. The predicted molar refractivity (Wildman–Crippen MR) is 132 cm³/mol. The van der Waals surface area contributed by atoms with E-state index in [1.165, 1.54) is 0 Å². The van der Waals surface area contributed by atoms with E-state index in [1.807, 2.05) is 26.0 Å². The molecule has 0 aromatic heterocycles. The van der Waals surface area contributed by atoms with Crippen LogP contribution < -0.4 is 20.7 Å². The van der Waals surface area contributed by atoms with Crippen LogP contribution in [0.4, 0.5) is 16.2 Å². The van der Waals surface area contributed by atoms with Crippen molar-refractivity contribution in [3.63, 3.8) is 0 Å². The highest BCUT2D eigenvalue weighted by Gasteiger charge is 2.33. The summed E-state index contributed by atoms with van der Waals surface area (Å²) in [6.45, 7) is 6.35. The number of esters is 1. The molecule has 0 saturated carbocycles. The molecule has 1 heterocycles. The molecule has 174 valence electrons. The van der Waals surface area contributed by atoms with Crippen molar-refractivity contribution >= 4 is 40.7 Å². The zero-order chi connectivity index (χ0) is 24.0. The lowest BCUT2D eigenvalue weighted by atomic mass is 9.95. The van der Waals surface area contributed by atoms with Crippen LogP contribution >= 0.6 is 12.2 Å². The van der Waals surface area contributed by atoms with Crippen molar-refractivity contribution in [1.29, 1.82) is 0 Å². The zero-order valence-corrected chi connectivity index (χ0v) is 19.9. The summed E-state index contributed by atoms with van der Waals surface area (Å²) in [5.74, 6) is 0.328. The minimum Gasteiger partial charge on any atom is -0.494 e. The van der Waals surface area contributed by atoms with Crippen molar-refractivity contribution in [2.24, 2.45) is 0 Å². The summed E-state index contributed by atoms with van der Waals surface area (Å²) in [7, 11) is 1.79. The van der Waals surface area contributed by atoms with Crippen molar-refractivity contribution in [2.75, 3.05) is 30.9 Å². The summed E-state index contributed by atoms with van der Waals surface area (Å²) >= 11 is 5.43. The molecule has 2 aromatic carbocycles. The molecule has 1 unspecified atom stereocenters. The highest BCUT2D eigenvalue weighted by molar-refractivity contribution is 7.80. The Kier molecular flexibility index (Phi) is 7.89. The molecule has 1 atom stereocenters. The number of nitrogens with zero attached hydrogens (tertiary/aromatic N) is 1. The molecule has 33 heavy (non-hydrogen) atoms. The summed E-state index contributed by atoms with van der Waals surface area (Å²) in [6.07, 6.45) is 0. The van der Waals surface area contributed by atoms with Crippen molar-refractivity contribution in [2.45, 2.75) is 26.8 Å². The topological polar surface area (TPSA) is 91.9 Å². The molecule has 0 aliphatic carbocycles. The number of thiocarbonyl (C=S) groups is 1. The average molecular weight is 469 g/mol. The number of nitrogens with one attached hydrogen (secondary N) is 3. The molecule has 0 fully saturated rings. The summed E-state index contributed by atoms with van der Waals surface area (Å²) in [5.41, 5.74) is 3.17. The minimum atomic E-state index is -0.497. The van der Waals surface area contributed by atoms with E-state index in [9.17, 15) is 9.59 Å². The second-order valence-electron chi connectivity index (χ2n) is 7.32. The largest absolute Gasteiger partial charge is 0.494 e. The van der Waals surface area contributed by atoms with Crippen molar-refractivity contribution in [3.8, 4) is 5.75 Å². The molecule has 9 heteroatoms. The van der Waals surface area contributed by atoms with E-state index in [0.29, 0.717) is 34.4 Å². The molecule has 2 amide bonds. The van der Waals surface area contributed by atoms with E-state index >= 15 is 0 Å². The maximum Gasteiger partial charge on any atom is 0.338 e. The fraction of sp³-hybridized carbons (Fsp3) is 0.292. The Bertz CT molecular complexity index is 1070. The number of hydrogen-bond acceptors (Lipinski definition) is 5. The second-order valence-corrected chi connectivity index (χ2v) is 7.71. The number of amides is 2. The number of carbonyl (C=O) groups excluding carboxylic acids is 2. The number of carbonyl (C=O) groups is 2. The standard InChI is InChI=1S/C24H28N4O4S/c1-5-31-19-12-10-17(11-13-19)25-23(30)26-18-9-7-8-16(14-18)21-20(22(29)32-6-2)15(3)28(4)24(33)27-21/h7-14,21H,5-6H2,1-4H3,(H,27,33)(H2,25,26,30). The number of ether oxygens (including phenoxy) is 2. The van der Waals surface area contributed by atoms with Crippen molar-refractivity contribution < 1.29 is 19.1 Å². The Hall–Kier alpha value is -3.59. The number of anilines is 2. The number of urea groups is 1. The number of rotatable bonds is 7. The normalized spacial score (nSPS) is 15.6. The third-order valence-electron chi connectivity index (χ3n) is 5.15. The molecule has 8 nitrogen and oxygen atoms in total. The Labute approximate surface area is 198 Å². The fourth-order valence-electron chi connectivity index (χ4n) is 3.45. The van der Waals surface area contributed by atoms with Gasteiger partial charge in [-0.15, -0.1) is 0 Å². The summed E-state index contributed by atoms with van der Waals surface area (Å²) in [6, 6.07) is 13.5. The Balaban J connectivity index is 1.78. The van der Waals surface area contributed by atoms with Crippen LogP contribution in [0.1, 0.15) is 32.4 Å². The number of benzene rings is 2. The van der Waals surface area contributed by atoms with E-state index in [-0.39, 0.29) is 12.6 Å². The fourth-order valence-corrected chi connectivity index (χ4v) is 3.70. The van der Waals surface area contributed by atoms with Crippen LogP contribution in [0.15, 0.2) is 59.8 Å². The van der Waals surface area contributed by atoms with Gasteiger partial charge < -0.3 is 30.3 Å². The lowest BCUT2D eigenvalue weighted by Crippen LogP contribution is -2.46. The minimum absolute atomic E-state index is 0.268. The van der Waals surface area contributed by atoms with Gasteiger partial charge in [-0.25, -0.2) is 9.59 Å². The van der Waals surface area contributed by atoms with Gasteiger partial charge in [-0.3, -0.25) is 0 Å². The first-order chi connectivity index (χ1) is 15.8. The highest BCUT2D eigenvalue weighted by atomic mass is 32.1. The van der Waals surface area contributed by atoms with E-state index in [2.05, 4.69) is 16.0 Å². The van der Waals surface area contributed by atoms with Gasteiger partial charge in [0.1, 0.15) is 5.75 Å². The smallest absolute Gasteiger partial charge is 0.338 e. The molecule has 0 spiro atoms. The first-order valence-corrected chi connectivity index (χ1v) is 11.1. The quantitative estimate of drug-likeness (QED) is 0.409. The van der Waals surface area contributed by atoms with Crippen LogP contribution in [0, 0.1) is 0 Å². The molecule has 1 aliphatic heterocycles. The molecule has 0 radical (unpaired) electrons. The first kappa shape index (κ1) is 24.1. The second kappa shape index (κ2) is 10.8. The summed E-state index contributed by atoms with van der Waals surface area (Å²) in [4.78, 5) is 26.9. The van der Waals surface area contributed by atoms with Gasteiger partial charge in [0.15, 0.2) is 5.11 Å². The summed E-state index contributed by atoms with van der Waals surface area (Å²) < 4.78 is 10.7. The SMILES string of the molecule is CCOC(=O)C1=C(C)N(C)C(=S)NC1c1cccc(NC(=O)Nc2ccc(OCC)cc2)c1. The van der Waals surface area contributed by atoms with E-state index in [1.54, 1.807) is 55.3 Å². The molecular formula is C24H28N4O4S. The predicted octanol–water partition coefficient (Wildman–Crippen LogP) is 4.43. The van der Waals surface area contributed by atoms with Crippen LogP contribution in [0.5, 0.6) is 5.75 Å². The molecule has 0 saturated heterocycles. The van der Waals surface area contributed by atoms with E-state index in [0.717, 1.165) is 11.3 Å². The Morgan fingerprint density at radius 2 is 1.76 bits per heavy atom. The lowest BCUT2D eigenvalue weighted by Gasteiger charge is -2.35. The Morgan fingerprint density at radius 1 is 1.06 bits per heavy atom. The van der Waals surface area contributed by atoms with Gasteiger partial charge in [0.05, 0.1) is 24.8 Å². The first-order valence-electron chi connectivity index (χ1n) is 10.7. The molecular weight excluding hydrogens is 440 g/mol. The number of allylic oxidation sites excluding steroid dienone is 1. The van der Waals surface area contributed by atoms with Gasteiger partial charge in [0.25, 0.3) is 0 Å². The Morgan fingerprint density at radius 3 is 2.42 bits per heavy atom. The monoisotopic (exact) mass is 468 g/mol. The molecule has 1 aliphatic rings. The van der Waals surface area contributed by atoms with Gasteiger partial charge in [0, 0.05) is 24.1 Å². The van der Waals surface area contributed by atoms with Gasteiger partial charge in [-0.1, -0.05) is 12.1 Å². The van der Waals surface area contributed by atoms with Crippen LogP contribution in [-0.2, 0) is 9.53 Å². The average Bonchev–Trinajstić information content (AvgIpc) is 2.79. The van der Waals surface area contributed by atoms with E-state index < -0.39 is 12.0 Å². The summed E-state index contributed by atoms with van der Waals surface area (Å²) in [5, 5.41) is 9.31. The van der Waals surface area contributed by atoms with Crippen LogP contribution in [-0.4, -0.2) is 42.3 Å². The van der Waals surface area contributed by atoms with Gasteiger partial charge >= 0.3 is 12.0 Å². The van der Waals surface area contributed by atoms with Crippen LogP contribution in [0.25, 0.3) is 0 Å².